The van der Waals surface area contributed by atoms with Gasteiger partial charge in [0.15, 0.2) is 0 Å². The molecule has 0 saturated heterocycles. The molecule has 0 fully saturated rings. The van der Waals surface area contributed by atoms with Crippen molar-refractivity contribution in [1.29, 1.82) is 0 Å². The maximum Gasteiger partial charge on any atom is 0.261 e. The second-order valence-electron chi connectivity index (χ2n) is 6.38. The van der Waals surface area contributed by atoms with Gasteiger partial charge in [0.1, 0.15) is 0 Å². The Labute approximate surface area is 146 Å². The van der Waals surface area contributed by atoms with E-state index < -0.39 is 0 Å². The van der Waals surface area contributed by atoms with Gasteiger partial charge >= 0.3 is 0 Å². The normalized spacial score (nSPS) is 13.6. The molecule has 1 aliphatic heterocycles. The summed E-state index contributed by atoms with van der Waals surface area (Å²) in [5.41, 5.74) is 3.49. The summed E-state index contributed by atoms with van der Waals surface area (Å²) < 4.78 is 0. The molecular formula is C22H19NO2. The molecule has 3 heteroatoms. The van der Waals surface area contributed by atoms with Crippen LogP contribution < -0.4 is 0 Å². The second-order valence-corrected chi connectivity index (χ2v) is 6.38. The van der Waals surface area contributed by atoms with Crippen molar-refractivity contribution in [2.24, 2.45) is 0 Å². The fourth-order valence-corrected chi connectivity index (χ4v) is 3.50. The first-order valence-electron chi connectivity index (χ1n) is 8.65. The van der Waals surface area contributed by atoms with Crippen molar-refractivity contribution in [3.05, 3.63) is 82.9 Å². The topological polar surface area (TPSA) is 37.4 Å². The highest BCUT2D eigenvalue weighted by atomic mass is 16.2. The molecule has 0 unspecified atom stereocenters. The van der Waals surface area contributed by atoms with E-state index in [2.05, 4.69) is 37.3 Å². The molecule has 124 valence electrons. The molecule has 25 heavy (non-hydrogen) atoms. The average molecular weight is 329 g/mol. The maximum atomic E-state index is 12.5. The van der Waals surface area contributed by atoms with Crippen LogP contribution in [0.2, 0.25) is 0 Å². The number of fused-ring (bicyclic) bond motifs is 2. The van der Waals surface area contributed by atoms with Gasteiger partial charge in [0.2, 0.25) is 0 Å². The Morgan fingerprint density at radius 3 is 2.24 bits per heavy atom. The van der Waals surface area contributed by atoms with Gasteiger partial charge in [-0.1, -0.05) is 55.5 Å². The molecule has 3 aromatic rings. The maximum absolute atomic E-state index is 12.5. The summed E-state index contributed by atoms with van der Waals surface area (Å²) in [6, 6.07) is 19.8. The quantitative estimate of drug-likeness (QED) is 0.671. The van der Waals surface area contributed by atoms with Gasteiger partial charge in [0.05, 0.1) is 11.1 Å². The van der Waals surface area contributed by atoms with Crippen molar-refractivity contribution in [1.82, 2.24) is 4.90 Å². The third-order valence-corrected chi connectivity index (χ3v) is 4.93. The molecule has 0 spiro atoms. The molecule has 0 atom stereocenters. The minimum absolute atomic E-state index is 0.185. The number of aryl methyl sites for hydroxylation is 1. The number of carbonyl (C=O) groups excluding carboxylic acids is 2. The predicted molar refractivity (Wildman–Crippen MR) is 98.8 cm³/mol. The highest BCUT2D eigenvalue weighted by Crippen LogP contribution is 2.25. The predicted octanol–water partition coefficient (Wildman–Crippen LogP) is 4.24. The van der Waals surface area contributed by atoms with Gasteiger partial charge in [0, 0.05) is 6.54 Å². The summed E-state index contributed by atoms with van der Waals surface area (Å²) in [5.74, 6) is -0.370. The van der Waals surface area contributed by atoms with E-state index in [1.54, 1.807) is 24.3 Å². The summed E-state index contributed by atoms with van der Waals surface area (Å²) in [5, 5.41) is 2.40. The number of benzene rings is 3. The molecular weight excluding hydrogens is 310 g/mol. The van der Waals surface area contributed by atoms with E-state index in [0.717, 1.165) is 6.42 Å². The van der Waals surface area contributed by atoms with Gasteiger partial charge in [-0.05, 0) is 46.9 Å². The molecule has 0 aromatic heterocycles. The summed E-state index contributed by atoms with van der Waals surface area (Å²) in [7, 11) is 0. The average Bonchev–Trinajstić information content (AvgIpc) is 2.90. The van der Waals surface area contributed by atoms with E-state index in [9.17, 15) is 9.59 Å². The minimum atomic E-state index is -0.185. The van der Waals surface area contributed by atoms with Crippen LogP contribution in [0.25, 0.3) is 10.8 Å². The molecule has 0 bridgehead atoms. The molecule has 1 heterocycles. The monoisotopic (exact) mass is 329 g/mol. The number of hydrogen-bond acceptors (Lipinski definition) is 2. The lowest BCUT2D eigenvalue weighted by Crippen LogP contribution is -2.31. The Hall–Kier alpha value is -2.94. The zero-order valence-electron chi connectivity index (χ0n) is 14.2. The fraction of sp³-hybridized carbons (Fsp3) is 0.182. The highest BCUT2D eigenvalue weighted by Gasteiger charge is 2.34. The van der Waals surface area contributed by atoms with Gasteiger partial charge in [-0.25, -0.2) is 0 Å². The third-order valence-electron chi connectivity index (χ3n) is 4.93. The van der Waals surface area contributed by atoms with Crippen molar-refractivity contribution in [2.45, 2.75) is 19.8 Å². The van der Waals surface area contributed by atoms with Crippen LogP contribution in [0.3, 0.4) is 0 Å². The van der Waals surface area contributed by atoms with Crippen molar-refractivity contribution in [3.8, 4) is 0 Å². The lowest BCUT2D eigenvalue weighted by molar-refractivity contribution is 0.0656. The lowest BCUT2D eigenvalue weighted by atomic mass is 9.99. The van der Waals surface area contributed by atoms with E-state index in [1.807, 2.05) is 6.07 Å². The van der Waals surface area contributed by atoms with Gasteiger partial charge in [-0.3, -0.25) is 14.5 Å². The summed E-state index contributed by atoms with van der Waals surface area (Å²) in [4.78, 5) is 26.4. The Morgan fingerprint density at radius 1 is 0.840 bits per heavy atom. The minimum Gasteiger partial charge on any atom is -0.274 e. The lowest BCUT2D eigenvalue weighted by Gasteiger charge is -2.15. The van der Waals surface area contributed by atoms with Crippen LogP contribution >= 0.6 is 0 Å². The number of hydrogen-bond donors (Lipinski definition) is 0. The van der Waals surface area contributed by atoms with E-state index in [0.29, 0.717) is 24.1 Å². The van der Waals surface area contributed by atoms with E-state index in [-0.39, 0.29) is 11.8 Å². The largest absolute Gasteiger partial charge is 0.274 e. The number of carbonyl (C=O) groups is 2. The van der Waals surface area contributed by atoms with Gasteiger partial charge in [-0.15, -0.1) is 0 Å². The molecule has 0 aliphatic carbocycles. The molecule has 3 aromatic carbocycles. The van der Waals surface area contributed by atoms with Crippen molar-refractivity contribution in [2.75, 3.05) is 6.54 Å². The number of rotatable bonds is 4. The smallest absolute Gasteiger partial charge is 0.261 e. The van der Waals surface area contributed by atoms with Crippen LogP contribution in [-0.2, 0) is 12.8 Å². The molecule has 3 nitrogen and oxygen atoms in total. The Kier molecular flexibility index (Phi) is 3.85. The molecule has 4 rings (SSSR count). The van der Waals surface area contributed by atoms with Gasteiger partial charge in [-0.2, -0.15) is 0 Å². The fourth-order valence-electron chi connectivity index (χ4n) is 3.50. The van der Waals surface area contributed by atoms with Gasteiger partial charge in [0.25, 0.3) is 11.8 Å². The Balaban J connectivity index is 1.61. The van der Waals surface area contributed by atoms with Crippen LogP contribution in [0.1, 0.15) is 38.8 Å². The van der Waals surface area contributed by atoms with Crippen LogP contribution in [-0.4, -0.2) is 23.3 Å². The summed E-state index contributed by atoms with van der Waals surface area (Å²) >= 11 is 0. The standard InChI is InChI=1S/C22H19NO2/c1-2-15-10-11-16-6-5-7-17(20(16)14-15)12-13-23-21(24)18-8-3-4-9-19(18)22(23)25/h3-11,14H,2,12-13H2,1H3. The molecule has 0 saturated carbocycles. The van der Waals surface area contributed by atoms with Crippen LogP contribution in [0.5, 0.6) is 0 Å². The Bertz CT molecular complexity index is 955. The van der Waals surface area contributed by atoms with Crippen LogP contribution in [0.4, 0.5) is 0 Å². The SMILES string of the molecule is CCc1ccc2cccc(CCN3C(=O)c4ccccc4C3=O)c2c1. The van der Waals surface area contributed by atoms with E-state index in [1.165, 1.54) is 26.8 Å². The van der Waals surface area contributed by atoms with Crippen molar-refractivity contribution >= 4 is 22.6 Å². The summed E-state index contributed by atoms with van der Waals surface area (Å²) in [6.07, 6.45) is 1.65. The first kappa shape index (κ1) is 15.6. The number of nitrogens with zero attached hydrogens (tertiary/aromatic N) is 1. The molecule has 2 amide bonds. The van der Waals surface area contributed by atoms with Crippen molar-refractivity contribution < 1.29 is 9.59 Å². The van der Waals surface area contributed by atoms with E-state index in [4.69, 9.17) is 0 Å². The van der Waals surface area contributed by atoms with Crippen LogP contribution in [0, 0.1) is 0 Å². The second kappa shape index (κ2) is 6.17. The van der Waals surface area contributed by atoms with Crippen molar-refractivity contribution in [3.63, 3.8) is 0 Å². The molecule has 1 aliphatic rings. The van der Waals surface area contributed by atoms with E-state index >= 15 is 0 Å². The summed E-state index contributed by atoms with van der Waals surface area (Å²) in [6.45, 7) is 2.55. The van der Waals surface area contributed by atoms with Gasteiger partial charge < -0.3 is 0 Å². The molecule has 0 radical (unpaired) electrons. The zero-order valence-corrected chi connectivity index (χ0v) is 14.2. The first-order valence-corrected chi connectivity index (χ1v) is 8.65. The van der Waals surface area contributed by atoms with Crippen LogP contribution in [0.15, 0.2) is 60.7 Å². The Morgan fingerprint density at radius 2 is 1.56 bits per heavy atom. The first-order chi connectivity index (χ1) is 12.2. The third kappa shape index (κ3) is 2.62. The number of imide groups is 1. The number of amides is 2. The molecule has 0 N–H and O–H groups in total. The zero-order chi connectivity index (χ0) is 17.4. The highest BCUT2D eigenvalue weighted by molar-refractivity contribution is 6.21.